The Morgan fingerprint density at radius 3 is 2.56 bits per heavy atom. The highest BCUT2D eigenvalue weighted by Crippen LogP contribution is 2.40. The number of nitrogens with zero attached hydrogens (tertiary/aromatic N) is 3. The van der Waals surface area contributed by atoms with Crippen LogP contribution in [0.15, 0.2) is 0 Å². The summed E-state index contributed by atoms with van der Waals surface area (Å²) in [5.74, 6) is 0.859. The van der Waals surface area contributed by atoms with Crippen molar-refractivity contribution in [1.82, 2.24) is 25.6 Å². The predicted octanol–water partition coefficient (Wildman–Crippen LogP) is 3.41. The van der Waals surface area contributed by atoms with Crippen LogP contribution in [0.4, 0.5) is 0 Å². The lowest BCUT2D eigenvalue weighted by Crippen LogP contribution is -2.67. The van der Waals surface area contributed by atoms with E-state index in [1.54, 1.807) is 0 Å². The number of piperidine rings is 1. The molecule has 0 aromatic heterocycles. The van der Waals surface area contributed by atoms with Gasteiger partial charge in [0.05, 0.1) is 18.8 Å². The number of hydrazine groups is 1. The highest BCUT2D eigenvalue weighted by molar-refractivity contribution is 5.78. The van der Waals surface area contributed by atoms with Gasteiger partial charge in [-0.05, 0) is 97.2 Å². The van der Waals surface area contributed by atoms with Gasteiger partial charge in [-0.1, -0.05) is 26.2 Å². The molecule has 3 saturated heterocycles. The van der Waals surface area contributed by atoms with Crippen molar-refractivity contribution in [3.05, 3.63) is 0 Å². The standard InChI is InChI=1S/C31H57N5O3/c1-5-38-30(37)31(3,4)39-29-23(2)21-24-11-9-15-32-27(24)28(29)35-17-10-16-34(19-20-35)22-25-14-18-36(33-25)26-12-7-6-8-13-26/h23-29,32-33H,5-22H2,1-4H3. The van der Waals surface area contributed by atoms with Crippen molar-refractivity contribution >= 4 is 5.97 Å². The Bertz CT molecular complexity index is 790. The molecule has 6 atom stereocenters. The molecule has 0 bridgehead atoms. The molecule has 0 amide bonds. The van der Waals surface area contributed by atoms with E-state index < -0.39 is 5.60 Å². The zero-order valence-corrected chi connectivity index (χ0v) is 25.3. The minimum absolute atomic E-state index is 0.0170. The number of ether oxygens (including phenoxy) is 2. The van der Waals surface area contributed by atoms with Crippen LogP contribution < -0.4 is 10.7 Å². The number of hydrogen-bond donors (Lipinski definition) is 2. The van der Waals surface area contributed by atoms with Gasteiger partial charge in [0.2, 0.25) is 0 Å². The van der Waals surface area contributed by atoms with Crippen molar-refractivity contribution in [1.29, 1.82) is 0 Å². The lowest BCUT2D eigenvalue weighted by molar-refractivity contribution is -0.191. The van der Waals surface area contributed by atoms with Gasteiger partial charge in [-0.3, -0.25) is 10.3 Å². The first-order chi connectivity index (χ1) is 18.9. The van der Waals surface area contributed by atoms with E-state index in [-0.39, 0.29) is 12.1 Å². The molecule has 5 aliphatic rings. The molecule has 0 aromatic carbocycles. The molecule has 2 N–H and O–H groups in total. The molecule has 0 aromatic rings. The van der Waals surface area contributed by atoms with Crippen molar-refractivity contribution in [3.63, 3.8) is 0 Å². The van der Waals surface area contributed by atoms with Crippen LogP contribution in [-0.2, 0) is 14.3 Å². The van der Waals surface area contributed by atoms with E-state index in [4.69, 9.17) is 9.47 Å². The Morgan fingerprint density at radius 2 is 1.77 bits per heavy atom. The van der Waals surface area contributed by atoms with Crippen molar-refractivity contribution in [2.24, 2.45) is 11.8 Å². The van der Waals surface area contributed by atoms with Crippen LogP contribution in [0.5, 0.6) is 0 Å². The molecule has 5 rings (SSSR count). The lowest BCUT2D eigenvalue weighted by atomic mass is 9.69. The monoisotopic (exact) mass is 547 g/mol. The first-order valence-corrected chi connectivity index (χ1v) is 16.4. The maximum atomic E-state index is 12.8. The van der Waals surface area contributed by atoms with E-state index in [1.807, 2.05) is 20.8 Å². The van der Waals surface area contributed by atoms with Crippen LogP contribution in [0.1, 0.15) is 91.9 Å². The zero-order valence-electron chi connectivity index (χ0n) is 25.3. The second kappa shape index (κ2) is 13.5. The Labute approximate surface area is 237 Å². The SMILES string of the molecule is CCOC(=O)C(C)(C)OC1C(C)CC2CCCNC2C1N1CCCN(CC2CCN(C3CCCCC3)N2)CC1. The van der Waals surface area contributed by atoms with Crippen LogP contribution in [0.2, 0.25) is 0 Å². The maximum Gasteiger partial charge on any atom is 0.337 e. The summed E-state index contributed by atoms with van der Waals surface area (Å²) in [4.78, 5) is 18.2. The third-order valence-corrected chi connectivity index (χ3v) is 10.4. The number of nitrogens with one attached hydrogen (secondary N) is 2. The van der Waals surface area contributed by atoms with Gasteiger partial charge in [0.15, 0.2) is 5.60 Å². The van der Waals surface area contributed by atoms with Crippen molar-refractivity contribution in [2.45, 2.75) is 128 Å². The zero-order chi connectivity index (χ0) is 27.4. The van der Waals surface area contributed by atoms with Gasteiger partial charge >= 0.3 is 5.97 Å². The molecule has 0 radical (unpaired) electrons. The Hall–Kier alpha value is -0.770. The molecule has 2 aliphatic carbocycles. The van der Waals surface area contributed by atoms with Gasteiger partial charge in [-0.2, -0.15) is 0 Å². The van der Waals surface area contributed by atoms with Gasteiger partial charge in [0.25, 0.3) is 0 Å². The van der Waals surface area contributed by atoms with Crippen LogP contribution in [0.3, 0.4) is 0 Å². The summed E-state index contributed by atoms with van der Waals surface area (Å²) in [5.41, 5.74) is 2.96. The van der Waals surface area contributed by atoms with Gasteiger partial charge in [0, 0.05) is 44.3 Å². The Balaban J connectivity index is 1.22. The van der Waals surface area contributed by atoms with Gasteiger partial charge in [0.1, 0.15) is 0 Å². The molecule has 224 valence electrons. The predicted molar refractivity (Wildman–Crippen MR) is 155 cm³/mol. The van der Waals surface area contributed by atoms with Crippen molar-refractivity contribution < 1.29 is 14.3 Å². The number of fused-ring (bicyclic) bond motifs is 1. The fourth-order valence-electron chi connectivity index (χ4n) is 8.36. The summed E-state index contributed by atoms with van der Waals surface area (Å²) in [6, 6.07) is 2.06. The normalized spacial score (nSPS) is 36.4. The van der Waals surface area contributed by atoms with Crippen LogP contribution in [-0.4, -0.2) is 109 Å². The third-order valence-electron chi connectivity index (χ3n) is 10.4. The number of hydrogen-bond acceptors (Lipinski definition) is 8. The van der Waals surface area contributed by atoms with Gasteiger partial charge in [-0.25, -0.2) is 9.80 Å². The quantitative estimate of drug-likeness (QED) is 0.448. The van der Waals surface area contributed by atoms with E-state index >= 15 is 0 Å². The fourth-order valence-corrected chi connectivity index (χ4v) is 8.36. The van der Waals surface area contributed by atoms with Crippen LogP contribution >= 0.6 is 0 Å². The average Bonchev–Trinajstić information content (AvgIpc) is 3.28. The highest BCUT2D eigenvalue weighted by Gasteiger charge is 2.50. The summed E-state index contributed by atoms with van der Waals surface area (Å²) in [5, 5.41) is 6.50. The number of esters is 1. The summed E-state index contributed by atoms with van der Waals surface area (Å²) in [6.07, 6.45) is 13.2. The van der Waals surface area contributed by atoms with E-state index in [0.717, 1.165) is 38.8 Å². The molecule has 0 spiro atoms. The fraction of sp³-hybridized carbons (Fsp3) is 0.968. The number of carbonyl (C=O) groups excluding carboxylic acids is 1. The molecular weight excluding hydrogens is 490 g/mol. The second-order valence-corrected chi connectivity index (χ2v) is 13.7. The number of rotatable bonds is 8. The molecule has 6 unspecified atom stereocenters. The third kappa shape index (κ3) is 7.18. The minimum atomic E-state index is -0.940. The van der Waals surface area contributed by atoms with E-state index in [9.17, 15) is 4.79 Å². The summed E-state index contributed by atoms with van der Waals surface area (Å²) in [6.45, 7) is 16.3. The van der Waals surface area contributed by atoms with Gasteiger partial charge in [-0.15, -0.1) is 0 Å². The van der Waals surface area contributed by atoms with Crippen molar-refractivity contribution in [2.75, 3.05) is 52.4 Å². The topological polar surface area (TPSA) is 69.3 Å². The first-order valence-electron chi connectivity index (χ1n) is 16.4. The molecule has 2 saturated carbocycles. The molecule has 8 heteroatoms. The van der Waals surface area contributed by atoms with Crippen molar-refractivity contribution in [3.8, 4) is 0 Å². The largest absolute Gasteiger partial charge is 0.464 e. The Kier molecular flexibility index (Phi) is 10.3. The van der Waals surface area contributed by atoms with Gasteiger partial charge < -0.3 is 19.7 Å². The van der Waals surface area contributed by atoms with E-state index in [2.05, 4.69) is 32.5 Å². The highest BCUT2D eigenvalue weighted by atomic mass is 16.6. The average molecular weight is 548 g/mol. The molecule has 8 nitrogen and oxygen atoms in total. The molecule has 39 heavy (non-hydrogen) atoms. The minimum Gasteiger partial charge on any atom is -0.464 e. The molecule has 5 fully saturated rings. The molecular formula is C31H57N5O3. The van der Waals surface area contributed by atoms with E-state index in [0.29, 0.717) is 36.6 Å². The Morgan fingerprint density at radius 1 is 0.949 bits per heavy atom. The summed E-state index contributed by atoms with van der Waals surface area (Å²) < 4.78 is 12.2. The van der Waals surface area contributed by atoms with Crippen LogP contribution in [0, 0.1) is 11.8 Å². The molecule has 3 aliphatic heterocycles. The van der Waals surface area contributed by atoms with E-state index in [1.165, 1.54) is 77.3 Å². The lowest BCUT2D eigenvalue weighted by Gasteiger charge is -2.53. The maximum absolute atomic E-state index is 12.8. The summed E-state index contributed by atoms with van der Waals surface area (Å²) in [7, 11) is 0. The molecule has 3 heterocycles. The second-order valence-electron chi connectivity index (χ2n) is 13.7. The van der Waals surface area contributed by atoms with Crippen LogP contribution in [0.25, 0.3) is 0 Å². The summed E-state index contributed by atoms with van der Waals surface area (Å²) >= 11 is 0. The smallest absolute Gasteiger partial charge is 0.337 e. The number of carbonyl (C=O) groups is 1. The first kappa shape index (κ1) is 29.7.